The summed E-state index contributed by atoms with van der Waals surface area (Å²) < 4.78 is 5.76. The molecule has 1 N–H and O–H groups in total. The maximum atomic E-state index is 12.2. The number of ether oxygens (including phenoxy) is 1. The van der Waals surface area contributed by atoms with Crippen LogP contribution in [0.5, 0.6) is 0 Å². The summed E-state index contributed by atoms with van der Waals surface area (Å²) in [4.78, 5) is 25.4. The van der Waals surface area contributed by atoms with Gasteiger partial charge in [0.25, 0.3) is 0 Å². The molecule has 5 nitrogen and oxygen atoms in total. The first kappa shape index (κ1) is 14.3. The summed E-state index contributed by atoms with van der Waals surface area (Å²) in [6.07, 6.45) is 5.09. The molecule has 108 valence electrons. The van der Waals surface area contributed by atoms with Crippen molar-refractivity contribution in [1.82, 2.24) is 10.2 Å². The number of amides is 2. The zero-order chi connectivity index (χ0) is 13.8. The summed E-state index contributed by atoms with van der Waals surface area (Å²) in [6, 6.07) is -0.382. The minimum atomic E-state index is -0.382. The Morgan fingerprint density at radius 2 is 2.00 bits per heavy atom. The average Bonchev–Trinajstić information content (AvgIpc) is 2.86. The van der Waals surface area contributed by atoms with Gasteiger partial charge in [0.05, 0.1) is 19.3 Å². The van der Waals surface area contributed by atoms with Crippen LogP contribution in [-0.4, -0.2) is 48.6 Å². The molecule has 1 aliphatic carbocycles. The van der Waals surface area contributed by atoms with Crippen molar-refractivity contribution in [2.24, 2.45) is 5.92 Å². The Hall–Kier alpha value is -1.10. The van der Waals surface area contributed by atoms with Gasteiger partial charge in [0.2, 0.25) is 11.8 Å². The molecule has 1 atom stereocenters. The molecule has 1 unspecified atom stereocenters. The van der Waals surface area contributed by atoms with E-state index in [2.05, 4.69) is 5.32 Å². The van der Waals surface area contributed by atoms with E-state index in [4.69, 9.17) is 4.74 Å². The fourth-order valence-corrected chi connectivity index (χ4v) is 2.75. The van der Waals surface area contributed by atoms with E-state index in [0.29, 0.717) is 19.3 Å². The zero-order valence-electron chi connectivity index (χ0n) is 11.9. The number of carbonyl (C=O) groups is 2. The highest BCUT2D eigenvalue weighted by Crippen LogP contribution is 2.20. The summed E-state index contributed by atoms with van der Waals surface area (Å²) in [7, 11) is 0. The molecule has 1 heterocycles. The van der Waals surface area contributed by atoms with Crippen molar-refractivity contribution in [3.63, 3.8) is 0 Å². The average molecular weight is 268 g/mol. The van der Waals surface area contributed by atoms with Gasteiger partial charge in [0.1, 0.15) is 6.04 Å². The minimum absolute atomic E-state index is 0.0182. The number of hydrogen-bond donors (Lipinski definition) is 1. The van der Waals surface area contributed by atoms with Gasteiger partial charge in [-0.3, -0.25) is 9.59 Å². The Labute approximate surface area is 114 Å². The third kappa shape index (κ3) is 3.69. The molecular weight excluding hydrogens is 244 g/mol. The zero-order valence-corrected chi connectivity index (χ0v) is 11.9. The molecular formula is C14H24N2O3. The van der Waals surface area contributed by atoms with Crippen LogP contribution >= 0.6 is 0 Å². The van der Waals surface area contributed by atoms with Gasteiger partial charge in [-0.1, -0.05) is 26.7 Å². The number of piperazine rings is 1. The molecule has 1 saturated heterocycles. The minimum Gasteiger partial charge on any atom is -0.376 e. The van der Waals surface area contributed by atoms with Crippen LogP contribution in [0.4, 0.5) is 0 Å². The molecule has 1 saturated carbocycles. The summed E-state index contributed by atoms with van der Waals surface area (Å²) in [5.41, 5.74) is 0. The molecule has 2 rings (SSSR count). The Morgan fingerprint density at radius 3 is 2.63 bits per heavy atom. The third-order valence-corrected chi connectivity index (χ3v) is 3.91. The second kappa shape index (κ2) is 6.37. The van der Waals surface area contributed by atoms with Crippen LogP contribution < -0.4 is 5.32 Å². The molecule has 5 heteroatoms. The van der Waals surface area contributed by atoms with Crippen LogP contribution in [-0.2, 0) is 14.3 Å². The maximum absolute atomic E-state index is 12.2. The van der Waals surface area contributed by atoms with Crippen LogP contribution in [0.2, 0.25) is 0 Å². The van der Waals surface area contributed by atoms with E-state index in [9.17, 15) is 9.59 Å². The molecule has 0 radical (unpaired) electrons. The third-order valence-electron chi connectivity index (χ3n) is 3.91. The standard InChI is InChI=1S/C14H24N2O3/c1-10(2)13-14(18)16(9-12(17)15-13)7-8-19-11-5-3-4-6-11/h10-11,13H,3-9H2,1-2H3,(H,15,17). The Kier molecular flexibility index (Phi) is 4.80. The molecule has 0 aromatic heterocycles. The number of rotatable bonds is 5. The molecule has 1 aliphatic heterocycles. The van der Waals surface area contributed by atoms with Crippen molar-refractivity contribution in [2.75, 3.05) is 19.7 Å². The molecule has 19 heavy (non-hydrogen) atoms. The van der Waals surface area contributed by atoms with E-state index in [1.165, 1.54) is 12.8 Å². The second-order valence-corrected chi connectivity index (χ2v) is 5.83. The first-order chi connectivity index (χ1) is 9.08. The highest BCUT2D eigenvalue weighted by atomic mass is 16.5. The molecule has 0 bridgehead atoms. The van der Waals surface area contributed by atoms with E-state index in [0.717, 1.165) is 12.8 Å². The molecule has 0 aromatic rings. The van der Waals surface area contributed by atoms with Gasteiger partial charge in [-0.15, -0.1) is 0 Å². The normalized spacial score (nSPS) is 25.2. The van der Waals surface area contributed by atoms with Crippen LogP contribution in [0.15, 0.2) is 0 Å². The summed E-state index contributed by atoms with van der Waals surface area (Å²) in [6.45, 7) is 5.11. The van der Waals surface area contributed by atoms with E-state index in [-0.39, 0.29) is 30.3 Å². The van der Waals surface area contributed by atoms with Crippen molar-refractivity contribution in [3.05, 3.63) is 0 Å². The van der Waals surface area contributed by atoms with Crippen LogP contribution in [0.1, 0.15) is 39.5 Å². The summed E-state index contributed by atoms with van der Waals surface area (Å²) in [5.74, 6) is 0.0683. The lowest BCUT2D eigenvalue weighted by Crippen LogP contribution is -2.60. The van der Waals surface area contributed by atoms with Gasteiger partial charge in [-0.25, -0.2) is 0 Å². The van der Waals surface area contributed by atoms with E-state index >= 15 is 0 Å². The first-order valence-corrected chi connectivity index (χ1v) is 7.27. The van der Waals surface area contributed by atoms with Crippen molar-refractivity contribution < 1.29 is 14.3 Å². The largest absolute Gasteiger partial charge is 0.376 e. The van der Waals surface area contributed by atoms with Crippen molar-refractivity contribution in [2.45, 2.75) is 51.7 Å². The fourth-order valence-electron chi connectivity index (χ4n) is 2.75. The van der Waals surface area contributed by atoms with Gasteiger partial charge in [-0.05, 0) is 18.8 Å². The Morgan fingerprint density at radius 1 is 1.32 bits per heavy atom. The van der Waals surface area contributed by atoms with E-state index in [1.54, 1.807) is 4.90 Å². The number of carbonyl (C=O) groups excluding carboxylic acids is 2. The highest BCUT2D eigenvalue weighted by molar-refractivity contribution is 5.94. The van der Waals surface area contributed by atoms with Gasteiger partial charge < -0.3 is 15.0 Å². The predicted molar refractivity (Wildman–Crippen MR) is 71.6 cm³/mol. The van der Waals surface area contributed by atoms with Crippen LogP contribution in [0.25, 0.3) is 0 Å². The second-order valence-electron chi connectivity index (χ2n) is 5.83. The predicted octanol–water partition coefficient (Wildman–Crippen LogP) is 0.929. The van der Waals surface area contributed by atoms with Gasteiger partial charge in [-0.2, -0.15) is 0 Å². The Balaban J connectivity index is 1.80. The van der Waals surface area contributed by atoms with Gasteiger partial charge in [0, 0.05) is 6.54 Å². The highest BCUT2D eigenvalue weighted by Gasteiger charge is 2.34. The van der Waals surface area contributed by atoms with Gasteiger partial charge >= 0.3 is 0 Å². The quantitative estimate of drug-likeness (QED) is 0.807. The van der Waals surface area contributed by atoms with E-state index in [1.807, 2.05) is 13.8 Å². The van der Waals surface area contributed by atoms with Crippen molar-refractivity contribution in [1.29, 1.82) is 0 Å². The lowest BCUT2D eigenvalue weighted by molar-refractivity contribution is -0.146. The van der Waals surface area contributed by atoms with Crippen molar-refractivity contribution in [3.8, 4) is 0 Å². The van der Waals surface area contributed by atoms with E-state index < -0.39 is 0 Å². The SMILES string of the molecule is CC(C)C1NC(=O)CN(CCOC2CCCC2)C1=O. The first-order valence-electron chi connectivity index (χ1n) is 7.27. The molecule has 2 amide bonds. The lowest BCUT2D eigenvalue weighted by atomic mass is 10.0. The topological polar surface area (TPSA) is 58.6 Å². The number of nitrogens with zero attached hydrogens (tertiary/aromatic N) is 1. The number of nitrogens with one attached hydrogen (secondary N) is 1. The van der Waals surface area contributed by atoms with Crippen LogP contribution in [0, 0.1) is 5.92 Å². The summed E-state index contributed by atoms with van der Waals surface area (Å²) in [5, 5.41) is 2.76. The molecule has 0 spiro atoms. The van der Waals surface area contributed by atoms with Crippen molar-refractivity contribution >= 4 is 11.8 Å². The molecule has 2 fully saturated rings. The van der Waals surface area contributed by atoms with Gasteiger partial charge in [0.15, 0.2) is 0 Å². The Bertz CT molecular complexity index is 338. The van der Waals surface area contributed by atoms with Crippen LogP contribution in [0.3, 0.4) is 0 Å². The fraction of sp³-hybridized carbons (Fsp3) is 0.857. The monoisotopic (exact) mass is 268 g/mol. The lowest BCUT2D eigenvalue weighted by Gasteiger charge is -2.34. The maximum Gasteiger partial charge on any atom is 0.245 e. The molecule has 2 aliphatic rings. The smallest absolute Gasteiger partial charge is 0.245 e. The molecule has 0 aromatic carbocycles. The summed E-state index contributed by atoms with van der Waals surface area (Å²) >= 11 is 0. The number of hydrogen-bond acceptors (Lipinski definition) is 3.